The lowest BCUT2D eigenvalue weighted by Gasteiger charge is -2.38. The SMILES string of the molecule is Cc1cc(C)n(-c2cc(N3CCCC(C(=O)N4CCN(C=O)CC4)C3)ncn2)n1. The summed E-state index contributed by atoms with van der Waals surface area (Å²) in [5.41, 5.74) is 1.97. The maximum absolute atomic E-state index is 13.0. The van der Waals surface area contributed by atoms with Gasteiger partial charge in [0.25, 0.3) is 0 Å². The summed E-state index contributed by atoms with van der Waals surface area (Å²) in [4.78, 5) is 38.5. The van der Waals surface area contributed by atoms with Gasteiger partial charge < -0.3 is 14.7 Å². The Morgan fingerprint density at radius 1 is 1.07 bits per heavy atom. The summed E-state index contributed by atoms with van der Waals surface area (Å²) in [6.07, 6.45) is 4.26. The third-order valence-electron chi connectivity index (χ3n) is 5.73. The lowest BCUT2D eigenvalue weighted by atomic mass is 9.96. The van der Waals surface area contributed by atoms with Gasteiger partial charge in [-0.3, -0.25) is 9.59 Å². The summed E-state index contributed by atoms with van der Waals surface area (Å²) < 4.78 is 1.82. The van der Waals surface area contributed by atoms with Gasteiger partial charge in [-0.15, -0.1) is 0 Å². The molecule has 2 fully saturated rings. The molecule has 0 N–H and O–H groups in total. The Balaban J connectivity index is 1.46. The molecule has 154 valence electrons. The van der Waals surface area contributed by atoms with Crippen molar-refractivity contribution in [3.05, 3.63) is 29.8 Å². The Bertz CT molecular complexity index is 889. The fourth-order valence-corrected chi connectivity index (χ4v) is 4.18. The molecule has 29 heavy (non-hydrogen) atoms. The zero-order chi connectivity index (χ0) is 20.4. The molecule has 0 radical (unpaired) electrons. The van der Waals surface area contributed by atoms with Gasteiger partial charge in [-0.2, -0.15) is 5.10 Å². The predicted molar refractivity (Wildman–Crippen MR) is 108 cm³/mol. The first-order chi connectivity index (χ1) is 14.0. The largest absolute Gasteiger partial charge is 0.356 e. The highest BCUT2D eigenvalue weighted by Gasteiger charge is 2.31. The first kappa shape index (κ1) is 19.4. The van der Waals surface area contributed by atoms with E-state index >= 15 is 0 Å². The minimum absolute atomic E-state index is 0.0429. The predicted octanol–water partition coefficient (Wildman–Crippen LogP) is 0.796. The number of anilines is 1. The summed E-state index contributed by atoms with van der Waals surface area (Å²) in [5.74, 6) is 1.71. The second kappa shape index (κ2) is 8.18. The van der Waals surface area contributed by atoms with Crippen LogP contribution in [0.3, 0.4) is 0 Å². The molecule has 0 bridgehead atoms. The highest BCUT2D eigenvalue weighted by atomic mass is 16.2. The molecule has 2 saturated heterocycles. The molecule has 0 spiro atoms. The number of hydrogen-bond donors (Lipinski definition) is 0. The molecular formula is C20H27N7O2. The smallest absolute Gasteiger partial charge is 0.227 e. The molecule has 0 aromatic carbocycles. The van der Waals surface area contributed by atoms with Crippen molar-refractivity contribution in [2.24, 2.45) is 5.92 Å². The third-order valence-corrected chi connectivity index (χ3v) is 5.73. The number of aryl methyl sites for hydroxylation is 2. The number of aromatic nitrogens is 4. The Morgan fingerprint density at radius 3 is 2.52 bits per heavy atom. The van der Waals surface area contributed by atoms with E-state index in [1.165, 1.54) is 0 Å². The van der Waals surface area contributed by atoms with Crippen molar-refractivity contribution in [2.45, 2.75) is 26.7 Å². The van der Waals surface area contributed by atoms with Crippen molar-refractivity contribution in [3.63, 3.8) is 0 Å². The minimum atomic E-state index is -0.0429. The van der Waals surface area contributed by atoms with E-state index in [2.05, 4.69) is 20.0 Å². The van der Waals surface area contributed by atoms with Crippen LogP contribution < -0.4 is 4.90 Å². The summed E-state index contributed by atoms with van der Waals surface area (Å²) >= 11 is 0. The highest BCUT2D eigenvalue weighted by molar-refractivity contribution is 5.80. The van der Waals surface area contributed by atoms with E-state index in [4.69, 9.17) is 0 Å². The summed E-state index contributed by atoms with van der Waals surface area (Å²) in [6, 6.07) is 3.96. The lowest BCUT2D eigenvalue weighted by Crippen LogP contribution is -2.52. The average molecular weight is 397 g/mol. The number of amides is 2. The molecule has 1 unspecified atom stereocenters. The fourth-order valence-electron chi connectivity index (χ4n) is 4.18. The maximum atomic E-state index is 13.0. The van der Waals surface area contributed by atoms with E-state index in [0.29, 0.717) is 32.7 Å². The van der Waals surface area contributed by atoms with Crippen LogP contribution in [0.2, 0.25) is 0 Å². The molecule has 2 aromatic rings. The number of piperidine rings is 1. The van der Waals surface area contributed by atoms with Crippen molar-refractivity contribution >= 4 is 18.1 Å². The van der Waals surface area contributed by atoms with E-state index in [-0.39, 0.29) is 11.8 Å². The molecule has 0 saturated carbocycles. The molecule has 0 aliphatic carbocycles. The van der Waals surface area contributed by atoms with Crippen molar-refractivity contribution in [3.8, 4) is 5.82 Å². The van der Waals surface area contributed by atoms with Crippen molar-refractivity contribution in [1.29, 1.82) is 0 Å². The molecule has 2 aromatic heterocycles. The first-order valence-electron chi connectivity index (χ1n) is 10.1. The Hall–Kier alpha value is -2.97. The summed E-state index contributed by atoms with van der Waals surface area (Å²) in [6.45, 7) is 7.94. The van der Waals surface area contributed by atoms with E-state index < -0.39 is 0 Å². The van der Waals surface area contributed by atoms with Gasteiger partial charge in [0.15, 0.2) is 5.82 Å². The molecule has 9 nitrogen and oxygen atoms in total. The number of carbonyl (C=O) groups excluding carboxylic acids is 2. The molecule has 1 atom stereocenters. The monoisotopic (exact) mass is 397 g/mol. The normalized spacial score (nSPS) is 20.1. The molecular weight excluding hydrogens is 370 g/mol. The number of carbonyl (C=O) groups is 2. The van der Waals surface area contributed by atoms with Gasteiger partial charge >= 0.3 is 0 Å². The van der Waals surface area contributed by atoms with Crippen LogP contribution in [0.15, 0.2) is 18.5 Å². The minimum Gasteiger partial charge on any atom is -0.356 e. The Morgan fingerprint density at radius 2 is 1.83 bits per heavy atom. The summed E-state index contributed by atoms with van der Waals surface area (Å²) in [5, 5.41) is 4.50. The number of rotatable bonds is 4. The second-order valence-corrected chi connectivity index (χ2v) is 7.83. The van der Waals surface area contributed by atoms with Crippen LogP contribution in [0.5, 0.6) is 0 Å². The fraction of sp³-hybridized carbons (Fsp3) is 0.550. The zero-order valence-corrected chi connectivity index (χ0v) is 17.0. The van der Waals surface area contributed by atoms with Crippen molar-refractivity contribution in [2.75, 3.05) is 44.2 Å². The molecule has 9 heteroatoms. The van der Waals surface area contributed by atoms with Crippen molar-refractivity contribution in [1.82, 2.24) is 29.5 Å². The van der Waals surface area contributed by atoms with Gasteiger partial charge in [0.2, 0.25) is 12.3 Å². The van der Waals surface area contributed by atoms with Gasteiger partial charge in [0.1, 0.15) is 12.1 Å². The topological polar surface area (TPSA) is 87.5 Å². The molecule has 4 rings (SSSR count). The van der Waals surface area contributed by atoms with E-state index in [1.54, 1.807) is 11.2 Å². The van der Waals surface area contributed by atoms with E-state index in [1.807, 2.05) is 35.6 Å². The van der Waals surface area contributed by atoms with Crippen molar-refractivity contribution < 1.29 is 9.59 Å². The van der Waals surface area contributed by atoms with Crippen LogP contribution in [-0.2, 0) is 9.59 Å². The van der Waals surface area contributed by atoms with Gasteiger partial charge in [0.05, 0.1) is 11.6 Å². The second-order valence-electron chi connectivity index (χ2n) is 7.83. The average Bonchev–Trinajstić information content (AvgIpc) is 3.11. The first-order valence-corrected chi connectivity index (χ1v) is 10.1. The molecule has 4 heterocycles. The number of piperazine rings is 1. The lowest BCUT2D eigenvalue weighted by molar-refractivity contribution is -0.139. The molecule has 2 amide bonds. The van der Waals surface area contributed by atoms with Crippen LogP contribution in [0.25, 0.3) is 5.82 Å². The van der Waals surface area contributed by atoms with Crippen LogP contribution in [0, 0.1) is 19.8 Å². The summed E-state index contributed by atoms with van der Waals surface area (Å²) in [7, 11) is 0. The van der Waals surface area contributed by atoms with Crippen LogP contribution >= 0.6 is 0 Å². The maximum Gasteiger partial charge on any atom is 0.227 e. The Labute approximate surface area is 170 Å². The van der Waals surface area contributed by atoms with Gasteiger partial charge in [-0.25, -0.2) is 14.6 Å². The third kappa shape index (κ3) is 4.08. The molecule has 2 aliphatic heterocycles. The van der Waals surface area contributed by atoms with E-state index in [9.17, 15) is 9.59 Å². The number of nitrogens with zero attached hydrogens (tertiary/aromatic N) is 7. The van der Waals surface area contributed by atoms with Gasteiger partial charge in [0, 0.05) is 51.0 Å². The van der Waals surface area contributed by atoms with E-state index in [0.717, 1.165) is 48.8 Å². The number of hydrogen-bond acceptors (Lipinski definition) is 6. The quantitative estimate of drug-likeness (QED) is 0.709. The van der Waals surface area contributed by atoms with Gasteiger partial charge in [-0.1, -0.05) is 0 Å². The van der Waals surface area contributed by atoms with Gasteiger partial charge in [-0.05, 0) is 32.8 Å². The Kier molecular flexibility index (Phi) is 5.46. The van der Waals surface area contributed by atoms with Crippen LogP contribution in [0.1, 0.15) is 24.2 Å². The van der Waals surface area contributed by atoms with Crippen LogP contribution in [0.4, 0.5) is 5.82 Å². The zero-order valence-electron chi connectivity index (χ0n) is 17.0. The highest BCUT2D eigenvalue weighted by Crippen LogP contribution is 2.24. The van der Waals surface area contributed by atoms with Crippen LogP contribution in [-0.4, -0.2) is 81.1 Å². The molecule has 2 aliphatic rings. The standard InChI is InChI=1S/C20H27N7O2/c1-15-10-16(2)27(23-15)19-11-18(21-13-22-19)26-5-3-4-17(12-26)20(29)25-8-6-24(14-28)7-9-25/h10-11,13-14,17H,3-9,12H2,1-2H3.